The van der Waals surface area contributed by atoms with Crippen molar-refractivity contribution in [2.45, 2.75) is 86.1 Å². The van der Waals surface area contributed by atoms with Crippen molar-refractivity contribution in [3.05, 3.63) is 22.9 Å². The van der Waals surface area contributed by atoms with E-state index in [1.54, 1.807) is 16.8 Å². The summed E-state index contributed by atoms with van der Waals surface area (Å²) in [6.07, 6.45) is 9.60. The summed E-state index contributed by atoms with van der Waals surface area (Å²) >= 11 is 0. The standard InChI is InChI=1S/C23H39N/c1-15(2)22(18-9-10-18)24(23(5,6)7)14-19-13-21(19)20-11-8-16(3)12-17(20)4/h12,17-21H,8-11,13-14H2,1-7H3. The van der Waals surface area contributed by atoms with Gasteiger partial charge in [0.05, 0.1) is 0 Å². The molecule has 0 N–H and O–H groups in total. The van der Waals surface area contributed by atoms with Crippen LogP contribution in [0, 0.1) is 29.6 Å². The topological polar surface area (TPSA) is 3.24 Å². The molecule has 0 spiro atoms. The molecule has 4 atom stereocenters. The number of hydrogen-bond donors (Lipinski definition) is 0. The summed E-state index contributed by atoms with van der Waals surface area (Å²) in [5.41, 5.74) is 5.10. The van der Waals surface area contributed by atoms with Crippen molar-refractivity contribution in [3.8, 4) is 0 Å². The Balaban J connectivity index is 1.68. The molecule has 1 nitrogen and oxygen atoms in total. The molecule has 3 aliphatic rings. The van der Waals surface area contributed by atoms with E-state index < -0.39 is 0 Å². The van der Waals surface area contributed by atoms with Crippen LogP contribution in [-0.2, 0) is 0 Å². The van der Waals surface area contributed by atoms with Crippen LogP contribution >= 0.6 is 0 Å². The Morgan fingerprint density at radius 1 is 1.12 bits per heavy atom. The van der Waals surface area contributed by atoms with Gasteiger partial charge in [0, 0.05) is 17.8 Å². The van der Waals surface area contributed by atoms with Crippen molar-refractivity contribution in [3.63, 3.8) is 0 Å². The van der Waals surface area contributed by atoms with Gasteiger partial charge in [0.2, 0.25) is 0 Å². The van der Waals surface area contributed by atoms with Crippen LogP contribution in [0.3, 0.4) is 0 Å². The molecule has 0 aliphatic heterocycles. The van der Waals surface area contributed by atoms with Crippen LogP contribution in [-0.4, -0.2) is 17.0 Å². The van der Waals surface area contributed by atoms with Crippen LogP contribution in [0.1, 0.15) is 80.6 Å². The van der Waals surface area contributed by atoms with Crippen molar-refractivity contribution < 1.29 is 0 Å². The Bertz CT molecular complexity index is 525. The Hall–Kier alpha value is -0.720. The molecule has 0 aromatic carbocycles. The van der Waals surface area contributed by atoms with E-state index in [0.29, 0.717) is 0 Å². The maximum atomic E-state index is 2.79. The lowest BCUT2D eigenvalue weighted by molar-refractivity contribution is 0.158. The summed E-state index contributed by atoms with van der Waals surface area (Å²) in [5.74, 6) is 4.49. The van der Waals surface area contributed by atoms with Gasteiger partial charge >= 0.3 is 0 Å². The monoisotopic (exact) mass is 329 g/mol. The van der Waals surface area contributed by atoms with E-state index in [1.165, 1.54) is 38.6 Å². The summed E-state index contributed by atoms with van der Waals surface area (Å²) in [5, 5.41) is 0. The molecule has 1 heteroatoms. The van der Waals surface area contributed by atoms with Crippen molar-refractivity contribution >= 4 is 0 Å². The Labute approximate surface area is 150 Å². The fourth-order valence-corrected chi connectivity index (χ4v) is 5.15. The quantitative estimate of drug-likeness (QED) is 0.526. The minimum Gasteiger partial charge on any atom is -0.370 e. The van der Waals surface area contributed by atoms with E-state index in [4.69, 9.17) is 0 Å². The molecule has 0 bridgehead atoms. The first-order valence-corrected chi connectivity index (χ1v) is 10.3. The molecule has 3 aliphatic carbocycles. The molecule has 0 radical (unpaired) electrons. The van der Waals surface area contributed by atoms with Crippen LogP contribution in [0.2, 0.25) is 0 Å². The van der Waals surface area contributed by atoms with E-state index in [1.807, 2.05) is 0 Å². The Kier molecular flexibility index (Phi) is 4.93. The van der Waals surface area contributed by atoms with E-state index in [-0.39, 0.29) is 5.54 Å². The second-order valence-electron chi connectivity index (χ2n) is 10.2. The van der Waals surface area contributed by atoms with Crippen LogP contribution in [0.25, 0.3) is 0 Å². The van der Waals surface area contributed by atoms with Gasteiger partial charge in [-0.25, -0.2) is 0 Å². The highest BCUT2D eigenvalue weighted by molar-refractivity contribution is 5.20. The van der Waals surface area contributed by atoms with Gasteiger partial charge in [0.1, 0.15) is 0 Å². The van der Waals surface area contributed by atoms with Gasteiger partial charge in [0.25, 0.3) is 0 Å². The van der Waals surface area contributed by atoms with Crippen molar-refractivity contribution in [1.29, 1.82) is 0 Å². The van der Waals surface area contributed by atoms with Crippen LogP contribution in [0.4, 0.5) is 0 Å². The van der Waals surface area contributed by atoms with Gasteiger partial charge in [-0.3, -0.25) is 0 Å². The molecule has 24 heavy (non-hydrogen) atoms. The van der Waals surface area contributed by atoms with Crippen LogP contribution < -0.4 is 0 Å². The molecular weight excluding hydrogens is 290 g/mol. The summed E-state index contributed by atoms with van der Waals surface area (Å²) in [6.45, 7) is 17.9. The third-order valence-electron chi connectivity index (χ3n) is 6.62. The highest BCUT2D eigenvalue weighted by Gasteiger charge is 2.47. The first-order chi connectivity index (χ1) is 11.2. The fraction of sp³-hybridized carbons (Fsp3) is 0.826. The molecule has 4 unspecified atom stereocenters. The average Bonchev–Trinajstić information content (AvgIpc) is 3.32. The molecule has 2 fully saturated rings. The number of nitrogens with zero attached hydrogens (tertiary/aromatic N) is 1. The SMILES string of the molecule is CC1=CC(C)C(C2CC2CN(C(=C(C)C)C2CC2)C(C)(C)C)CC1. The highest BCUT2D eigenvalue weighted by Crippen LogP contribution is 2.52. The molecule has 0 amide bonds. The van der Waals surface area contributed by atoms with Crippen molar-refractivity contribution in [1.82, 2.24) is 4.90 Å². The number of allylic oxidation sites excluding steroid dienone is 4. The molecule has 0 aromatic heterocycles. The maximum Gasteiger partial charge on any atom is 0.0315 e. The molecular formula is C23H39N. The van der Waals surface area contributed by atoms with E-state index >= 15 is 0 Å². The average molecular weight is 330 g/mol. The highest BCUT2D eigenvalue weighted by atomic mass is 15.2. The summed E-state index contributed by atoms with van der Waals surface area (Å²) in [7, 11) is 0. The first kappa shape index (κ1) is 18.1. The van der Waals surface area contributed by atoms with Crippen LogP contribution in [0.15, 0.2) is 22.9 Å². The van der Waals surface area contributed by atoms with Gasteiger partial charge < -0.3 is 4.90 Å². The van der Waals surface area contributed by atoms with E-state index in [2.05, 4.69) is 59.4 Å². The maximum absolute atomic E-state index is 2.79. The van der Waals surface area contributed by atoms with Gasteiger partial charge in [-0.15, -0.1) is 0 Å². The lowest BCUT2D eigenvalue weighted by Crippen LogP contribution is -2.43. The zero-order valence-corrected chi connectivity index (χ0v) is 17.2. The first-order valence-electron chi connectivity index (χ1n) is 10.3. The normalized spacial score (nSPS) is 33.0. The predicted octanol–water partition coefficient (Wildman–Crippen LogP) is 6.42. The van der Waals surface area contributed by atoms with E-state index in [9.17, 15) is 0 Å². The molecule has 2 saturated carbocycles. The van der Waals surface area contributed by atoms with Gasteiger partial charge in [-0.05, 0) is 103 Å². The zero-order chi connectivity index (χ0) is 17.6. The Morgan fingerprint density at radius 2 is 1.79 bits per heavy atom. The molecule has 3 rings (SSSR count). The second kappa shape index (κ2) is 6.54. The number of rotatable bonds is 5. The lowest BCUT2D eigenvalue weighted by atomic mass is 9.78. The lowest BCUT2D eigenvalue weighted by Gasteiger charge is -2.41. The molecule has 0 saturated heterocycles. The molecule has 0 heterocycles. The minimum atomic E-state index is 0.247. The zero-order valence-electron chi connectivity index (χ0n) is 17.2. The largest absolute Gasteiger partial charge is 0.370 e. The van der Waals surface area contributed by atoms with Crippen molar-refractivity contribution in [2.75, 3.05) is 6.54 Å². The van der Waals surface area contributed by atoms with Crippen molar-refractivity contribution in [2.24, 2.45) is 29.6 Å². The van der Waals surface area contributed by atoms with Gasteiger partial charge in [0.15, 0.2) is 0 Å². The summed E-state index contributed by atoms with van der Waals surface area (Å²) < 4.78 is 0. The van der Waals surface area contributed by atoms with Gasteiger partial charge in [-0.1, -0.05) is 24.1 Å². The number of hydrogen-bond acceptors (Lipinski definition) is 1. The Morgan fingerprint density at radius 3 is 2.29 bits per heavy atom. The fourth-order valence-electron chi connectivity index (χ4n) is 5.15. The second-order valence-corrected chi connectivity index (χ2v) is 10.2. The smallest absolute Gasteiger partial charge is 0.0315 e. The third-order valence-corrected chi connectivity index (χ3v) is 6.62. The molecule has 0 aromatic rings. The molecule has 136 valence electrons. The van der Waals surface area contributed by atoms with Crippen LogP contribution in [0.5, 0.6) is 0 Å². The third kappa shape index (κ3) is 3.92. The summed E-state index contributed by atoms with van der Waals surface area (Å²) in [4.78, 5) is 2.79. The van der Waals surface area contributed by atoms with Gasteiger partial charge in [-0.2, -0.15) is 0 Å². The summed E-state index contributed by atoms with van der Waals surface area (Å²) in [6, 6.07) is 0. The predicted molar refractivity (Wildman–Crippen MR) is 105 cm³/mol. The minimum absolute atomic E-state index is 0.247. The van der Waals surface area contributed by atoms with E-state index in [0.717, 1.165) is 29.6 Å².